The average molecular weight is 189 g/mol. The summed E-state index contributed by atoms with van der Waals surface area (Å²) in [6.45, 7) is 0. The maximum Gasteiger partial charge on any atom is 0.243 e. The fourth-order valence-electron chi connectivity index (χ4n) is 1.06. The van der Waals surface area contributed by atoms with E-state index in [0.29, 0.717) is 0 Å². The lowest BCUT2D eigenvalue weighted by molar-refractivity contribution is 0.103. The third-order valence-electron chi connectivity index (χ3n) is 1.83. The fourth-order valence-corrected chi connectivity index (χ4v) is 1.89. The summed E-state index contributed by atoms with van der Waals surface area (Å²) in [4.78, 5) is -1.36. The van der Waals surface area contributed by atoms with Gasteiger partial charge in [0.25, 0.3) is 0 Å². The molecule has 4 nitrogen and oxygen atoms in total. The van der Waals surface area contributed by atoms with Crippen LogP contribution in [0, 0.1) is 0 Å². The minimum Gasteiger partial charge on any atom is -0.357 e. The monoisotopic (exact) mass is 189 g/mol. The normalized spacial score (nSPS) is 29.2. The van der Waals surface area contributed by atoms with E-state index in [-0.39, 0.29) is 6.42 Å². The van der Waals surface area contributed by atoms with Crippen molar-refractivity contribution in [1.82, 2.24) is 0 Å². The van der Waals surface area contributed by atoms with Crippen LogP contribution in [0.3, 0.4) is 0 Å². The molecule has 1 aliphatic carbocycles. The van der Waals surface area contributed by atoms with Crippen molar-refractivity contribution < 1.29 is 13.2 Å². The van der Waals surface area contributed by atoms with Crippen molar-refractivity contribution in [3.8, 4) is 0 Å². The second-order valence-corrected chi connectivity index (χ2v) is 4.33. The maximum atomic E-state index is 11.1. The SMILES string of the molecule is COC1(S(N)(=O)=O)C=CC=CC1. The Balaban J connectivity index is 3.09. The molecule has 1 rings (SSSR count). The molecule has 5 heteroatoms. The third-order valence-corrected chi connectivity index (χ3v) is 3.26. The van der Waals surface area contributed by atoms with Crippen molar-refractivity contribution in [2.75, 3.05) is 7.11 Å². The molecule has 0 aromatic heterocycles. The summed E-state index contributed by atoms with van der Waals surface area (Å²) in [6, 6.07) is 0. The van der Waals surface area contributed by atoms with Crippen LogP contribution in [0.5, 0.6) is 0 Å². The van der Waals surface area contributed by atoms with Crippen LogP contribution in [0.15, 0.2) is 24.3 Å². The number of rotatable bonds is 2. The number of nitrogens with two attached hydrogens (primary N) is 1. The van der Waals surface area contributed by atoms with Gasteiger partial charge < -0.3 is 4.74 Å². The lowest BCUT2D eigenvalue weighted by Gasteiger charge is -2.26. The fraction of sp³-hybridized carbons (Fsp3) is 0.429. The van der Waals surface area contributed by atoms with Gasteiger partial charge in [0, 0.05) is 13.5 Å². The van der Waals surface area contributed by atoms with Gasteiger partial charge in [-0.3, -0.25) is 0 Å². The molecule has 0 radical (unpaired) electrons. The van der Waals surface area contributed by atoms with Gasteiger partial charge in [0.15, 0.2) is 0 Å². The summed E-state index contributed by atoms with van der Waals surface area (Å²) < 4.78 is 27.1. The van der Waals surface area contributed by atoms with Gasteiger partial charge in [-0.25, -0.2) is 13.6 Å². The second-order valence-electron chi connectivity index (χ2n) is 2.55. The van der Waals surface area contributed by atoms with Gasteiger partial charge in [-0.2, -0.15) is 0 Å². The predicted octanol–water partition coefficient (Wildman–Crippen LogP) is 0.134. The Labute approximate surface area is 71.8 Å². The van der Waals surface area contributed by atoms with E-state index in [1.54, 1.807) is 18.2 Å². The van der Waals surface area contributed by atoms with Gasteiger partial charge >= 0.3 is 0 Å². The average Bonchev–Trinajstić information content (AvgIpc) is 2.04. The third kappa shape index (κ3) is 1.43. The number of sulfonamides is 1. The van der Waals surface area contributed by atoms with E-state index in [0.717, 1.165) is 0 Å². The summed E-state index contributed by atoms with van der Waals surface area (Å²) >= 11 is 0. The lowest BCUT2D eigenvalue weighted by Crippen LogP contribution is -2.43. The standard InChI is InChI=1S/C7H11NO3S/c1-11-7(12(8,9)10)5-3-2-4-6-7/h2-5H,6H2,1H3,(H2,8,9,10). The number of hydrogen-bond donors (Lipinski definition) is 1. The molecule has 0 aromatic rings. The van der Waals surface area contributed by atoms with E-state index in [2.05, 4.69) is 0 Å². The molecule has 0 spiro atoms. The van der Waals surface area contributed by atoms with E-state index in [9.17, 15) is 8.42 Å². The molecule has 0 heterocycles. The molecule has 68 valence electrons. The first-order valence-corrected chi connectivity index (χ1v) is 4.98. The number of methoxy groups -OCH3 is 1. The number of primary sulfonamides is 1. The molecule has 1 unspecified atom stereocenters. The Morgan fingerprint density at radius 1 is 1.50 bits per heavy atom. The van der Waals surface area contributed by atoms with Crippen LogP contribution < -0.4 is 5.14 Å². The summed E-state index contributed by atoms with van der Waals surface area (Å²) in [5.74, 6) is 0. The highest BCUT2D eigenvalue weighted by Crippen LogP contribution is 2.25. The minimum atomic E-state index is -3.70. The van der Waals surface area contributed by atoms with Crippen molar-refractivity contribution in [2.24, 2.45) is 5.14 Å². The molecule has 1 aliphatic rings. The quantitative estimate of drug-likeness (QED) is 0.671. The number of hydrogen-bond acceptors (Lipinski definition) is 3. The summed E-state index contributed by atoms with van der Waals surface area (Å²) in [5, 5.41) is 5.02. The Morgan fingerprint density at radius 3 is 2.42 bits per heavy atom. The predicted molar refractivity (Wildman–Crippen MR) is 45.7 cm³/mol. The molecule has 0 saturated heterocycles. The van der Waals surface area contributed by atoms with Crippen LogP contribution in [0.1, 0.15) is 6.42 Å². The molecule has 0 bridgehead atoms. The smallest absolute Gasteiger partial charge is 0.243 e. The molecule has 2 N–H and O–H groups in total. The van der Waals surface area contributed by atoms with Crippen molar-refractivity contribution >= 4 is 10.0 Å². The van der Waals surface area contributed by atoms with E-state index in [1.165, 1.54) is 13.2 Å². The van der Waals surface area contributed by atoms with E-state index in [4.69, 9.17) is 9.88 Å². The van der Waals surface area contributed by atoms with Crippen LogP contribution >= 0.6 is 0 Å². The van der Waals surface area contributed by atoms with Gasteiger partial charge in [0.2, 0.25) is 15.0 Å². The lowest BCUT2D eigenvalue weighted by atomic mass is 10.1. The molecule has 0 fully saturated rings. The summed E-state index contributed by atoms with van der Waals surface area (Å²) in [7, 11) is -2.37. The van der Waals surface area contributed by atoms with E-state index >= 15 is 0 Å². The van der Waals surface area contributed by atoms with E-state index in [1.807, 2.05) is 0 Å². The Kier molecular flexibility index (Phi) is 2.36. The largest absolute Gasteiger partial charge is 0.357 e. The molecular weight excluding hydrogens is 178 g/mol. The van der Waals surface area contributed by atoms with Gasteiger partial charge in [0.05, 0.1) is 0 Å². The highest BCUT2D eigenvalue weighted by molar-refractivity contribution is 7.90. The second kappa shape index (κ2) is 3.01. The minimum absolute atomic E-state index is 0.263. The Morgan fingerprint density at radius 2 is 2.17 bits per heavy atom. The van der Waals surface area contributed by atoms with Crippen LogP contribution in [0.25, 0.3) is 0 Å². The van der Waals surface area contributed by atoms with Crippen LogP contribution in [0.2, 0.25) is 0 Å². The molecule has 0 aliphatic heterocycles. The first-order chi connectivity index (χ1) is 5.52. The molecule has 12 heavy (non-hydrogen) atoms. The molecule has 1 atom stereocenters. The van der Waals surface area contributed by atoms with Gasteiger partial charge in [0.1, 0.15) is 0 Å². The zero-order chi connectivity index (χ0) is 9.24. The first-order valence-electron chi connectivity index (χ1n) is 3.44. The summed E-state index contributed by atoms with van der Waals surface area (Å²) in [5.41, 5.74) is 0. The first kappa shape index (κ1) is 9.44. The van der Waals surface area contributed by atoms with Crippen LogP contribution in [-0.2, 0) is 14.8 Å². The van der Waals surface area contributed by atoms with Crippen molar-refractivity contribution in [3.63, 3.8) is 0 Å². The maximum absolute atomic E-state index is 11.1. The highest BCUT2D eigenvalue weighted by atomic mass is 32.2. The number of allylic oxidation sites excluding steroid dienone is 2. The molecule has 0 aromatic carbocycles. The van der Waals surface area contributed by atoms with Gasteiger partial charge in [-0.1, -0.05) is 18.2 Å². The Hall–Kier alpha value is -0.650. The zero-order valence-electron chi connectivity index (χ0n) is 6.73. The zero-order valence-corrected chi connectivity index (χ0v) is 7.54. The van der Waals surface area contributed by atoms with Crippen LogP contribution in [0.4, 0.5) is 0 Å². The van der Waals surface area contributed by atoms with Crippen molar-refractivity contribution in [2.45, 2.75) is 11.4 Å². The van der Waals surface area contributed by atoms with Gasteiger partial charge in [-0.15, -0.1) is 0 Å². The topological polar surface area (TPSA) is 69.4 Å². The Bertz CT molecular complexity index is 318. The van der Waals surface area contributed by atoms with Crippen molar-refractivity contribution in [1.29, 1.82) is 0 Å². The van der Waals surface area contributed by atoms with Gasteiger partial charge in [-0.05, 0) is 6.08 Å². The van der Waals surface area contributed by atoms with E-state index < -0.39 is 15.0 Å². The molecular formula is C7H11NO3S. The molecule has 0 saturated carbocycles. The summed E-state index contributed by atoms with van der Waals surface area (Å²) in [6.07, 6.45) is 6.77. The van der Waals surface area contributed by atoms with Crippen molar-refractivity contribution in [3.05, 3.63) is 24.3 Å². The highest BCUT2D eigenvalue weighted by Gasteiger charge is 2.38. The molecule has 0 amide bonds. The van der Waals surface area contributed by atoms with Crippen LogP contribution in [-0.4, -0.2) is 20.5 Å². The number of ether oxygens (including phenoxy) is 1.